The lowest BCUT2D eigenvalue weighted by molar-refractivity contribution is -0.119. The van der Waals surface area contributed by atoms with Gasteiger partial charge in [-0.25, -0.2) is 4.90 Å². The van der Waals surface area contributed by atoms with Crippen molar-refractivity contribution >= 4 is 46.4 Å². The predicted molar refractivity (Wildman–Crippen MR) is 114 cm³/mol. The van der Waals surface area contributed by atoms with Gasteiger partial charge in [-0.1, -0.05) is 63.6 Å². The van der Waals surface area contributed by atoms with E-state index in [0.29, 0.717) is 32.5 Å². The summed E-state index contributed by atoms with van der Waals surface area (Å²) in [6, 6.07) is 14.7. The first-order chi connectivity index (χ1) is 12.7. The molecule has 0 atom stereocenters. The molecule has 0 fully saturated rings. The first kappa shape index (κ1) is 19.7. The zero-order chi connectivity index (χ0) is 19.8. The number of amides is 2. The molecule has 0 spiro atoms. The summed E-state index contributed by atoms with van der Waals surface area (Å²) in [5.74, 6) is 0.157. The molecule has 0 saturated heterocycles. The fourth-order valence-corrected chi connectivity index (χ4v) is 3.98. The molecule has 0 unspecified atom stereocenters. The van der Waals surface area contributed by atoms with Crippen LogP contribution in [0.15, 0.2) is 53.4 Å². The van der Waals surface area contributed by atoms with Crippen molar-refractivity contribution < 1.29 is 9.59 Å². The molecule has 2 aromatic rings. The van der Waals surface area contributed by atoms with Crippen molar-refractivity contribution in [2.24, 2.45) is 0 Å². The Labute approximate surface area is 169 Å². The summed E-state index contributed by atoms with van der Waals surface area (Å²) in [6.07, 6.45) is 0. The Morgan fingerprint density at radius 3 is 2.04 bits per heavy atom. The maximum Gasteiger partial charge on any atom is 0.272 e. The van der Waals surface area contributed by atoms with Crippen LogP contribution in [0.5, 0.6) is 0 Å². The topological polar surface area (TPSA) is 37.4 Å². The summed E-state index contributed by atoms with van der Waals surface area (Å²) in [5, 5.41) is 0.593. The molecule has 0 N–H and O–H groups in total. The van der Waals surface area contributed by atoms with Crippen LogP contribution in [-0.4, -0.2) is 17.6 Å². The Balaban J connectivity index is 2.02. The lowest BCUT2D eigenvalue weighted by atomic mass is 9.87. The molecule has 0 radical (unpaired) electrons. The average Bonchev–Trinajstić information content (AvgIpc) is 2.86. The number of hydrogen-bond donors (Lipinski definition) is 0. The van der Waals surface area contributed by atoms with Crippen molar-refractivity contribution in [2.45, 2.75) is 33.1 Å². The monoisotopic (exact) mass is 399 g/mol. The van der Waals surface area contributed by atoms with Crippen molar-refractivity contribution in [2.75, 3.05) is 10.7 Å². The van der Waals surface area contributed by atoms with Crippen molar-refractivity contribution in [3.05, 3.63) is 69.6 Å². The summed E-state index contributed by atoms with van der Waals surface area (Å²) in [7, 11) is 0. The van der Waals surface area contributed by atoms with E-state index in [2.05, 4.69) is 20.8 Å². The summed E-state index contributed by atoms with van der Waals surface area (Å²) < 4.78 is 0. The van der Waals surface area contributed by atoms with Gasteiger partial charge in [-0.15, -0.1) is 11.8 Å². The zero-order valence-corrected chi connectivity index (χ0v) is 17.4. The number of anilines is 1. The molecule has 1 aliphatic heterocycles. The molecule has 5 heteroatoms. The third-order valence-corrected chi connectivity index (χ3v) is 5.66. The second-order valence-electron chi connectivity index (χ2n) is 7.39. The van der Waals surface area contributed by atoms with Crippen LogP contribution in [0.2, 0.25) is 5.02 Å². The Hall–Kier alpha value is -2.04. The first-order valence-electron chi connectivity index (χ1n) is 8.86. The smallest absolute Gasteiger partial charge is 0.268 e. The minimum atomic E-state index is -0.290. The Bertz CT molecular complexity index is 909. The SMILES string of the molecule is CCSC1=C(c2ccc(Cl)cc2)C(=O)N(c2ccc(C(C)(C)C)cc2)C1=O. The lowest BCUT2D eigenvalue weighted by Gasteiger charge is -2.21. The van der Waals surface area contributed by atoms with Crippen LogP contribution in [0.1, 0.15) is 38.8 Å². The van der Waals surface area contributed by atoms with Crippen LogP contribution in [0.25, 0.3) is 5.57 Å². The number of rotatable bonds is 4. The van der Waals surface area contributed by atoms with E-state index in [0.717, 1.165) is 5.56 Å². The van der Waals surface area contributed by atoms with E-state index in [1.54, 1.807) is 24.3 Å². The highest BCUT2D eigenvalue weighted by Gasteiger charge is 2.40. The van der Waals surface area contributed by atoms with E-state index in [1.165, 1.54) is 16.7 Å². The molecule has 140 valence electrons. The number of carbonyl (C=O) groups is 2. The van der Waals surface area contributed by atoms with E-state index in [-0.39, 0.29) is 17.2 Å². The van der Waals surface area contributed by atoms with E-state index in [1.807, 2.05) is 31.2 Å². The molecule has 0 aliphatic carbocycles. The minimum Gasteiger partial charge on any atom is -0.268 e. The van der Waals surface area contributed by atoms with Crippen LogP contribution in [0.4, 0.5) is 5.69 Å². The molecule has 0 aromatic heterocycles. The number of imide groups is 1. The van der Waals surface area contributed by atoms with Crippen molar-refractivity contribution in [3.8, 4) is 0 Å². The fourth-order valence-electron chi connectivity index (χ4n) is 3.00. The van der Waals surface area contributed by atoms with Gasteiger partial charge in [0.05, 0.1) is 16.2 Å². The minimum absolute atomic E-state index is 0.00744. The van der Waals surface area contributed by atoms with E-state index in [4.69, 9.17) is 11.6 Å². The van der Waals surface area contributed by atoms with Crippen LogP contribution in [0, 0.1) is 0 Å². The standard InChI is InChI=1S/C22H22ClNO2S/c1-5-27-19-18(14-6-10-16(23)11-7-14)20(25)24(21(19)26)17-12-8-15(9-13-17)22(2,3)4/h6-13H,5H2,1-4H3. The molecule has 2 amide bonds. The van der Waals surface area contributed by atoms with E-state index in [9.17, 15) is 9.59 Å². The molecule has 0 bridgehead atoms. The highest BCUT2D eigenvalue weighted by atomic mass is 35.5. The van der Waals surface area contributed by atoms with Gasteiger partial charge in [0, 0.05) is 5.02 Å². The maximum atomic E-state index is 13.2. The van der Waals surface area contributed by atoms with Gasteiger partial charge >= 0.3 is 0 Å². The third-order valence-electron chi connectivity index (χ3n) is 4.45. The van der Waals surface area contributed by atoms with E-state index >= 15 is 0 Å². The van der Waals surface area contributed by atoms with Crippen molar-refractivity contribution in [1.82, 2.24) is 0 Å². The van der Waals surface area contributed by atoms with Crippen LogP contribution >= 0.6 is 23.4 Å². The molecule has 2 aromatic carbocycles. The fraction of sp³-hybridized carbons (Fsp3) is 0.273. The third kappa shape index (κ3) is 3.83. The number of carbonyl (C=O) groups excluding carboxylic acids is 2. The summed E-state index contributed by atoms with van der Waals surface area (Å²) >= 11 is 7.37. The molecular weight excluding hydrogens is 378 g/mol. The van der Waals surface area contributed by atoms with Crippen molar-refractivity contribution in [1.29, 1.82) is 0 Å². The highest BCUT2D eigenvalue weighted by Crippen LogP contribution is 2.39. The molecule has 27 heavy (non-hydrogen) atoms. The zero-order valence-electron chi connectivity index (χ0n) is 15.9. The molecule has 0 saturated carbocycles. The average molecular weight is 400 g/mol. The highest BCUT2D eigenvalue weighted by molar-refractivity contribution is 8.04. The molecule has 3 rings (SSSR count). The van der Waals surface area contributed by atoms with Crippen LogP contribution < -0.4 is 4.90 Å². The second kappa shape index (κ2) is 7.53. The van der Waals surface area contributed by atoms with Gasteiger partial charge in [0.2, 0.25) is 0 Å². The number of hydrogen-bond acceptors (Lipinski definition) is 3. The van der Waals surface area contributed by atoms with Gasteiger partial charge in [-0.3, -0.25) is 9.59 Å². The normalized spacial score (nSPS) is 15.1. The number of thioether (sulfide) groups is 1. The molecule has 1 aliphatic rings. The number of benzene rings is 2. The first-order valence-corrected chi connectivity index (χ1v) is 10.2. The number of nitrogens with zero attached hydrogens (tertiary/aromatic N) is 1. The van der Waals surface area contributed by atoms with Crippen LogP contribution in [0.3, 0.4) is 0 Å². The van der Waals surface area contributed by atoms with Crippen LogP contribution in [-0.2, 0) is 15.0 Å². The van der Waals surface area contributed by atoms with Gasteiger partial charge in [-0.2, -0.15) is 0 Å². The Morgan fingerprint density at radius 2 is 1.52 bits per heavy atom. The molecule has 1 heterocycles. The van der Waals surface area contributed by atoms with Gasteiger partial charge < -0.3 is 0 Å². The number of halogens is 1. The maximum absolute atomic E-state index is 13.2. The quantitative estimate of drug-likeness (QED) is 0.621. The molecular formula is C22H22ClNO2S. The van der Waals surface area contributed by atoms with Gasteiger partial charge in [-0.05, 0) is 46.6 Å². The van der Waals surface area contributed by atoms with E-state index < -0.39 is 0 Å². The summed E-state index contributed by atoms with van der Waals surface area (Å²) in [6.45, 7) is 8.36. The molecule has 3 nitrogen and oxygen atoms in total. The summed E-state index contributed by atoms with van der Waals surface area (Å²) in [4.78, 5) is 28.0. The van der Waals surface area contributed by atoms with Gasteiger partial charge in [0.15, 0.2) is 0 Å². The second-order valence-corrected chi connectivity index (χ2v) is 9.10. The van der Waals surface area contributed by atoms with Crippen molar-refractivity contribution in [3.63, 3.8) is 0 Å². The lowest BCUT2D eigenvalue weighted by Crippen LogP contribution is -2.31. The van der Waals surface area contributed by atoms with Gasteiger partial charge in [0.1, 0.15) is 0 Å². The predicted octanol–water partition coefficient (Wildman–Crippen LogP) is 5.68. The summed E-state index contributed by atoms with van der Waals surface area (Å²) in [5.41, 5.74) is 2.91. The largest absolute Gasteiger partial charge is 0.272 e. The van der Waals surface area contributed by atoms with Gasteiger partial charge in [0.25, 0.3) is 11.8 Å². The Morgan fingerprint density at radius 1 is 0.926 bits per heavy atom. The Kier molecular flexibility index (Phi) is 5.50.